The Morgan fingerprint density at radius 3 is 2.42 bits per heavy atom. The van der Waals surface area contributed by atoms with Gasteiger partial charge in [0, 0.05) is 17.3 Å². The number of aliphatic hydroxyl groups is 1. The third kappa shape index (κ3) is 3.09. The van der Waals surface area contributed by atoms with Crippen LogP contribution in [0.25, 0.3) is 0 Å². The molecule has 108 valence electrons. The van der Waals surface area contributed by atoms with Crippen molar-refractivity contribution in [1.82, 2.24) is 10.2 Å². The summed E-state index contributed by atoms with van der Waals surface area (Å²) < 4.78 is 0. The zero-order chi connectivity index (χ0) is 13.2. The number of nitrogens with zero attached hydrogens (tertiary/aromatic N) is 1. The first-order chi connectivity index (χ1) is 9.24. The van der Waals surface area contributed by atoms with Gasteiger partial charge in [0.15, 0.2) is 0 Å². The monoisotopic (exact) mass is 284 g/mol. The van der Waals surface area contributed by atoms with Crippen LogP contribution in [-0.2, 0) is 4.79 Å². The number of aliphatic hydroxyl groups excluding tert-OH is 1. The van der Waals surface area contributed by atoms with Gasteiger partial charge in [-0.3, -0.25) is 4.79 Å². The van der Waals surface area contributed by atoms with Crippen molar-refractivity contribution in [1.29, 1.82) is 0 Å². The summed E-state index contributed by atoms with van der Waals surface area (Å²) in [4.78, 5) is 14.5. The van der Waals surface area contributed by atoms with E-state index < -0.39 is 0 Å². The summed E-state index contributed by atoms with van der Waals surface area (Å²) in [6.07, 6.45) is 5.95. The van der Waals surface area contributed by atoms with Gasteiger partial charge in [0.05, 0.1) is 11.9 Å². The summed E-state index contributed by atoms with van der Waals surface area (Å²) >= 11 is 1.84. The van der Waals surface area contributed by atoms with Gasteiger partial charge in [-0.25, -0.2) is 0 Å². The molecule has 3 fully saturated rings. The molecule has 2 atom stereocenters. The van der Waals surface area contributed by atoms with E-state index in [0.717, 1.165) is 38.8 Å². The maximum absolute atomic E-state index is 12.4. The lowest BCUT2D eigenvalue weighted by molar-refractivity contribution is -0.134. The lowest BCUT2D eigenvalue weighted by Crippen LogP contribution is -2.48. The van der Waals surface area contributed by atoms with Gasteiger partial charge in [0.2, 0.25) is 5.91 Å². The van der Waals surface area contributed by atoms with Crippen molar-refractivity contribution in [2.45, 2.75) is 62.0 Å². The van der Waals surface area contributed by atoms with Crippen molar-refractivity contribution in [3.05, 3.63) is 0 Å². The minimum Gasteiger partial charge on any atom is -0.393 e. The highest BCUT2D eigenvalue weighted by atomic mass is 32.2. The first-order valence-corrected chi connectivity index (χ1v) is 8.60. The Balaban J connectivity index is 1.50. The van der Waals surface area contributed by atoms with E-state index in [2.05, 4.69) is 10.2 Å². The van der Waals surface area contributed by atoms with Gasteiger partial charge < -0.3 is 15.3 Å². The normalized spacial score (nSPS) is 35.6. The number of amides is 1. The zero-order valence-corrected chi connectivity index (χ0v) is 12.2. The Kier molecular flexibility index (Phi) is 4.34. The van der Waals surface area contributed by atoms with Gasteiger partial charge in [-0.2, -0.15) is 0 Å². The van der Waals surface area contributed by atoms with E-state index in [-0.39, 0.29) is 6.10 Å². The smallest absolute Gasteiger partial charge is 0.233 e. The van der Waals surface area contributed by atoms with Crippen LogP contribution in [0.4, 0.5) is 0 Å². The second-order valence-electron chi connectivity index (χ2n) is 6.07. The SMILES string of the molecule is O=C(CSC1CCNCC1)N1C2CCC1CC(O)C2. The minimum absolute atomic E-state index is 0.182. The van der Waals surface area contributed by atoms with Gasteiger partial charge in [0.25, 0.3) is 0 Å². The van der Waals surface area contributed by atoms with Crippen LogP contribution in [0, 0.1) is 0 Å². The van der Waals surface area contributed by atoms with E-state index in [1.807, 2.05) is 11.8 Å². The molecule has 0 aromatic carbocycles. The topological polar surface area (TPSA) is 52.6 Å². The molecule has 0 radical (unpaired) electrons. The van der Waals surface area contributed by atoms with Crippen molar-refractivity contribution in [2.75, 3.05) is 18.8 Å². The number of hydrogen-bond donors (Lipinski definition) is 2. The number of carbonyl (C=O) groups excluding carboxylic acids is 1. The molecule has 4 nitrogen and oxygen atoms in total. The van der Waals surface area contributed by atoms with E-state index in [0.29, 0.717) is 29.0 Å². The highest BCUT2D eigenvalue weighted by Crippen LogP contribution is 2.36. The van der Waals surface area contributed by atoms with Gasteiger partial charge in [-0.1, -0.05) is 0 Å². The number of rotatable bonds is 3. The average Bonchev–Trinajstić information content (AvgIpc) is 2.70. The summed E-state index contributed by atoms with van der Waals surface area (Å²) in [5, 5.41) is 13.8. The molecule has 5 heteroatoms. The maximum atomic E-state index is 12.4. The molecule has 0 aliphatic carbocycles. The molecule has 3 rings (SSSR count). The molecular formula is C14H24N2O2S. The van der Waals surface area contributed by atoms with Crippen LogP contribution >= 0.6 is 11.8 Å². The summed E-state index contributed by atoms with van der Waals surface area (Å²) in [5.41, 5.74) is 0. The molecule has 0 saturated carbocycles. The lowest BCUT2D eigenvalue weighted by atomic mass is 10.00. The minimum atomic E-state index is -0.182. The van der Waals surface area contributed by atoms with E-state index in [1.54, 1.807) is 0 Å². The Hall–Kier alpha value is -0.260. The Morgan fingerprint density at radius 1 is 1.16 bits per heavy atom. The van der Waals surface area contributed by atoms with Crippen LogP contribution in [-0.4, -0.2) is 58.2 Å². The molecule has 3 aliphatic heterocycles. The van der Waals surface area contributed by atoms with Crippen molar-refractivity contribution >= 4 is 17.7 Å². The van der Waals surface area contributed by atoms with Crippen LogP contribution < -0.4 is 5.32 Å². The molecule has 2 N–H and O–H groups in total. The largest absolute Gasteiger partial charge is 0.393 e. The fourth-order valence-electron chi connectivity index (χ4n) is 3.78. The van der Waals surface area contributed by atoms with Crippen LogP contribution in [0.2, 0.25) is 0 Å². The van der Waals surface area contributed by atoms with Gasteiger partial charge >= 0.3 is 0 Å². The molecule has 2 bridgehead atoms. The predicted molar refractivity (Wildman–Crippen MR) is 77.2 cm³/mol. The quantitative estimate of drug-likeness (QED) is 0.811. The highest BCUT2D eigenvalue weighted by molar-refractivity contribution is 8.00. The first kappa shape index (κ1) is 13.7. The van der Waals surface area contributed by atoms with Gasteiger partial charge in [-0.05, 0) is 51.6 Å². The molecule has 1 amide bonds. The molecule has 3 saturated heterocycles. The predicted octanol–water partition coefficient (Wildman–Crippen LogP) is 0.986. The number of piperidine rings is 2. The van der Waals surface area contributed by atoms with Crippen molar-refractivity contribution in [2.24, 2.45) is 0 Å². The summed E-state index contributed by atoms with van der Waals surface area (Å²) in [6, 6.07) is 0.629. The van der Waals surface area contributed by atoms with Gasteiger partial charge in [-0.15, -0.1) is 11.8 Å². The zero-order valence-electron chi connectivity index (χ0n) is 11.4. The molecule has 2 unspecified atom stereocenters. The van der Waals surface area contributed by atoms with Crippen molar-refractivity contribution in [3.8, 4) is 0 Å². The van der Waals surface area contributed by atoms with Crippen LogP contribution in [0.5, 0.6) is 0 Å². The van der Waals surface area contributed by atoms with Crippen LogP contribution in [0.3, 0.4) is 0 Å². The maximum Gasteiger partial charge on any atom is 0.233 e. The van der Waals surface area contributed by atoms with Crippen molar-refractivity contribution < 1.29 is 9.90 Å². The lowest BCUT2D eigenvalue weighted by Gasteiger charge is -2.37. The van der Waals surface area contributed by atoms with Gasteiger partial charge in [0.1, 0.15) is 0 Å². The standard InChI is InChI=1S/C14H24N2O2S/c17-12-7-10-1-2-11(8-12)16(10)14(18)9-19-13-3-5-15-6-4-13/h10-13,15,17H,1-9H2. The third-order valence-electron chi connectivity index (χ3n) is 4.72. The van der Waals surface area contributed by atoms with E-state index in [4.69, 9.17) is 0 Å². The molecule has 0 aromatic rings. The second kappa shape index (κ2) is 6.02. The molecule has 0 aromatic heterocycles. The fraction of sp³-hybridized carbons (Fsp3) is 0.929. The summed E-state index contributed by atoms with van der Waals surface area (Å²) in [7, 11) is 0. The number of nitrogens with one attached hydrogen (secondary N) is 1. The number of carbonyl (C=O) groups is 1. The molecular weight excluding hydrogens is 260 g/mol. The average molecular weight is 284 g/mol. The number of thioether (sulfide) groups is 1. The third-order valence-corrected chi connectivity index (χ3v) is 6.08. The Bertz CT molecular complexity index is 319. The van der Waals surface area contributed by atoms with E-state index in [9.17, 15) is 9.90 Å². The number of fused-ring (bicyclic) bond motifs is 2. The first-order valence-electron chi connectivity index (χ1n) is 7.55. The molecule has 19 heavy (non-hydrogen) atoms. The molecule has 3 aliphatic rings. The second-order valence-corrected chi connectivity index (χ2v) is 7.36. The highest BCUT2D eigenvalue weighted by Gasteiger charge is 2.42. The Morgan fingerprint density at radius 2 is 1.79 bits per heavy atom. The van der Waals surface area contributed by atoms with Crippen LogP contribution in [0.1, 0.15) is 38.5 Å². The van der Waals surface area contributed by atoms with Crippen LogP contribution in [0.15, 0.2) is 0 Å². The summed E-state index contributed by atoms with van der Waals surface area (Å²) in [6.45, 7) is 2.18. The summed E-state index contributed by atoms with van der Waals surface area (Å²) in [5.74, 6) is 0.941. The van der Waals surface area contributed by atoms with E-state index in [1.165, 1.54) is 12.8 Å². The van der Waals surface area contributed by atoms with E-state index >= 15 is 0 Å². The Labute approximate surface area is 119 Å². The molecule has 3 heterocycles. The number of hydrogen-bond acceptors (Lipinski definition) is 4. The van der Waals surface area contributed by atoms with Crippen molar-refractivity contribution in [3.63, 3.8) is 0 Å². The molecule has 0 spiro atoms. The fourth-order valence-corrected chi connectivity index (χ4v) is 4.88.